The second kappa shape index (κ2) is 4.06. The number of halogens is 2. The van der Waals surface area contributed by atoms with Gasteiger partial charge in [0.05, 0.1) is 5.69 Å². The minimum atomic E-state index is -0.459. The molecule has 0 bridgehead atoms. The number of fused-ring (bicyclic) bond motifs is 1. The first-order chi connectivity index (χ1) is 8.65. The summed E-state index contributed by atoms with van der Waals surface area (Å²) in [4.78, 5) is 0. The fourth-order valence-corrected chi connectivity index (χ4v) is 2.06. The van der Waals surface area contributed by atoms with Gasteiger partial charge in [-0.15, -0.1) is 10.2 Å². The second-order valence-electron chi connectivity index (χ2n) is 3.84. The molecule has 6 heteroatoms. The Kier molecular flexibility index (Phi) is 2.52. The van der Waals surface area contributed by atoms with Crippen LogP contribution in [0.4, 0.5) is 10.1 Å². The molecule has 0 aliphatic heterocycles. The van der Waals surface area contributed by atoms with E-state index in [1.54, 1.807) is 10.5 Å². The molecule has 0 amide bonds. The number of nitrogen functional groups attached to an aromatic ring is 1. The van der Waals surface area contributed by atoms with Gasteiger partial charge in [0.1, 0.15) is 5.82 Å². The third kappa shape index (κ3) is 1.74. The van der Waals surface area contributed by atoms with Gasteiger partial charge >= 0.3 is 0 Å². The Balaban J connectivity index is 2.24. The van der Waals surface area contributed by atoms with Gasteiger partial charge in [-0.1, -0.05) is 0 Å². The van der Waals surface area contributed by atoms with Gasteiger partial charge in [-0.2, -0.15) is 0 Å². The van der Waals surface area contributed by atoms with Crippen molar-refractivity contribution >= 4 is 27.3 Å². The van der Waals surface area contributed by atoms with Crippen molar-refractivity contribution in [3.8, 4) is 11.4 Å². The number of benzene rings is 1. The lowest BCUT2D eigenvalue weighted by molar-refractivity contribution is 0.633. The number of aromatic nitrogens is 3. The van der Waals surface area contributed by atoms with Crippen molar-refractivity contribution in [3.63, 3.8) is 0 Å². The molecule has 0 atom stereocenters. The molecule has 0 aliphatic rings. The molecule has 0 aliphatic carbocycles. The van der Waals surface area contributed by atoms with Crippen LogP contribution in [-0.4, -0.2) is 14.6 Å². The molecule has 0 saturated carbocycles. The molecule has 0 spiro atoms. The Morgan fingerprint density at radius 2 is 2.00 bits per heavy atom. The minimum Gasteiger partial charge on any atom is -0.396 e. The van der Waals surface area contributed by atoms with Crippen LogP contribution in [0.25, 0.3) is 17.0 Å². The Morgan fingerprint density at radius 3 is 2.78 bits per heavy atom. The van der Waals surface area contributed by atoms with Crippen LogP contribution in [-0.2, 0) is 0 Å². The maximum atomic E-state index is 13.5. The molecular formula is C12H8BrFN4. The van der Waals surface area contributed by atoms with Gasteiger partial charge in [-0.05, 0) is 46.3 Å². The number of anilines is 1. The summed E-state index contributed by atoms with van der Waals surface area (Å²) < 4.78 is 16.1. The van der Waals surface area contributed by atoms with E-state index < -0.39 is 5.82 Å². The zero-order valence-corrected chi connectivity index (χ0v) is 10.7. The third-order valence-electron chi connectivity index (χ3n) is 2.62. The molecule has 0 fully saturated rings. The fourth-order valence-electron chi connectivity index (χ4n) is 1.73. The van der Waals surface area contributed by atoms with E-state index in [4.69, 9.17) is 5.73 Å². The molecule has 1 aromatic carbocycles. The summed E-state index contributed by atoms with van der Waals surface area (Å²) in [6, 6.07) is 8.29. The first-order valence-electron chi connectivity index (χ1n) is 5.21. The van der Waals surface area contributed by atoms with Crippen LogP contribution >= 0.6 is 15.9 Å². The van der Waals surface area contributed by atoms with E-state index >= 15 is 0 Å². The van der Waals surface area contributed by atoms with Crippen molar-refractivity contribution in [2.45, 2.75) is 0 Å². The molecule has 2 N–H and O–H groups in total. The van der Waals surface area contributed by atoms with E-state index in [1.807, 2.05) is 18.3 Å². The van der Waals surface area contributed by atoms with E-state index in [0.29, 0.717) is 17.0 Å². The number of rotatable bonds is 1. The van der Waals surface area contributed by atoms with E-state index in [9.17, 15) is 4.39 Å². The van der Waals surface area contributed by atoms with Crippen LogP contribution in [0.15, 0.2) is 41.0 Å². The molecule has 2 aromatic heterocycles. The lowest BCUT2D eigenvalue weighted by Crippen LogP contribution is -1.93. The van der Waals surface area contributed by atoms with E-state index in [0.717, 1.165) is 4.47 Å². The van der Waals surface area contributed by atoms with Crippen LogP contribution in [0.3, 0.4) is 0 Å². The van der Waals surface area contributed by atoms with Crippen molar-refractivity contribution in [3.05, 3.63) is 46.8 Å². The van der Waals surface area contributed by atoms with Crippen LogP contribution in [0.5, 0.6) is 0 Å². The van der Waals surface area contributed by atoms with Crippen molar-refractivity contribution in [1.82, 2.24) is 14.6 Å². The highest BCUT2D eigenvalue weighted by atomic mass is 79.9. The fraction of sp³-hybridized carbons (Fsp3) is 0. The molecular weight excluding hydrogens is 299 g/mol. The maximum absolute atomic E-state index is 13.5. The van der Waals surface area contributed by atoms with Crippen molar-refractivity contribution in [2.24, 2.45) is 0 Å². The van der Waals surface area contributed by atoms with Crippen molar-refractivity contribution < 1.29 is 4.39 Å². The molecule has 2 heterocycles. The van der Waals surface area contributed by atoms with E-state index in [-0.39, 0.29) is 5.69 Å². The summed E-state index contributed by atoms with van der Waals surface area (Å²) in [5.74, 6) is 0.115. The number of pyridine rings is 1. The van der Waals surface area contributed by atoms with Gasteiger partial charge in [-0.25, -0.2) is 4.39 Å². The zero-order chi connectivity index (χ0) is 12.7. The van der Waals surface area contributed by atoms with Crippen molar-refractivity contribution in [1.29, 1.82) is 0 Å². The molecule has 0 saturated heterocycles. The quantitative estimate of drug-likeness (QED) is 0.703. The first kappa shape index (κ1) is 11.2. The highest BCUT2D eigenvalue weighted by molar-refractivity contribution is 9.10. The molecule has 3 rings (SSSR count). The summed E-state index contributed by atoms with van der Waals surface area (Å²) in [7, 11) is 0. The zero-order valence-electron chi connectivity index (χ0n) is 9.14. The monoisotopic (exact) mass is 306 g/mol. The van der Waals surface area contributed by atoms with Crippen LogP contribution in [0, 0.1) is 5.82 Å². The largest absolute Gasteiger partial charge is 0.396 e. The van der Waals surface area contributed by atoms with E-state index in [2.05, 4.69) is 26.1 Å². The lowest BCUT2D eigenvalue weighted by atomic mass is 10.2. The summed E-state index contributed by atoms with van der Waals surface area (Å²) in [5.41, 5.74) is 6.90. The molecule has 0 radical (unpaired) electrons. The molecule has 4 nitrogen and oxygen atoms in total. The smallest absolute Gasteiger partial charge is 0.168 e. The lowest BCUT2D eigenvalue weighted by Gasteiger charge is -2.02. The molecule has 90 valence electrons. The van der Waals surface area contributed by atoms with Gasteiger partial charge < -0.3 is 5.73 Å². The average molecular weight is 307 g/mol. The number of nitrogens with two attached hydrogens (primary N) is 1. The summed E-state index contributed by atoms with van der Waals surface area (Å²) in [5, 5.41) is 8.09. The van der Waals surface area contributed by atoms with Crippen molar-refractivity contribution in [2.75, 3.05) is 5.73 Å². The SMILES string of the molecule is Nc1ccc(-c2nnc3ccc(Br)cn23)cc1F. The van der Waals surface area contributed by atoms with Crippen LogP contribution in [0.1, 0.15) is 0 Å². The Bertz CT molecular complexity index is 738. The van der Waals surface area contributed by atoms with Crippen LogP contribution in [0.2, 0.25) is 0 Å². The summed E-state index contributed by atoms with van der Waals surface area (Å²) in [6.45, 7) is 0. The number of hydrogen-bond acceptors (Lipinski definition) is 3. The maximum Gasteiger partial charge on any atom is 0.168 e. The number of hydrogen-bond donors (Lipinski definition) is 1. The standard InChI is InChI=1S/C12H8BrFN4/c13-8-2-4-11-16-17-12(18(11)6-8)7-1-3-10(15)9(14)5-7/h1-6H,15H2. The topological polar surface area (TPSA) is 56.2 Å². The molecule has 0 unspecified atom stereocenters. The number of nitrogens with zero attached hydrogens (tertiary/aromatic N) is 3. The highest BCUT2D eigenvalue weighted by Crippen LogP contribution is 2.23. The van der Waals surface area contributed by atoms with Gasteiger partial charge in [0, 0.05) is 16.2 Å². The van der Waals surface area contributed by atoms with Crippen LogP contribution < -0.4 is 5.73 Å². The normalized spacial score (nSPS) is 11.0. The summed E-state index contributed by atoms with van der Waals surface area (Å²) in [6.07, 6.45) is 1.83. The predicted octanol–water partition coefficient (Wildman–Crippen LogP) is 2.88. The molecule has 3 aromatic rings. The average Bonchev–Trinajstić information content (AvgIpc) is 2.75. The van der Waals surface area contributed by atoms with Gasteiger partial charge in [0.15, 0.2) is 11.5 Å². The molecule has 18 heavy (non-hydrogen) atoms. The Morgan fingerprint density at radius 1 is 1.17 bits per heavy atom. The first-order valence-corrected chi connectivity index (χ1v) is 6.00. The predicted molar refractivity (Wildman–Crippen MR) is 70.5 cm³/mol. The van der Waals surface area contributed by atoms with Gasteiger partial charge in [0.25, 0.3) is 0 Å². The third-order valence-corrected chi connectivity index (χ3v) is 3.09. The Labute approximate surface area is 110 Å². The Hall–Kier alpha value is -1.95. The summed E-state index contributed by atoms with van der Waals surface area (Å²) >= 11 is 3.38. The van der Waals surface area contributed by atoms with E-state index in [1.165, 1.54) is 12.1 Å². The highest BCUT2D eigenvalue weighted by Gasteiger charge is 2.10. The van der Waals surface area contributed by atoms with Gasteiger partial charge in [-0.3, -0.25) is 4.40 Å². The minimum absolute atomic E-state index is 0.119. The second-order valence-corrected chi connectivity index (χ2v) is 4.75. The van der Waals surface area contributed by atoms with Gasteiger partial charge in [0.2, 0.25) is 0 Å².